The molecule has 1 aliphatic heterocycles. The third-order valence-electron chi connectivity index (χ3n) is 4.51. The maximum absolute atomic E-state index is 12.6. The fraction of sp³-hybridized carbons (Fsp3) is 0.286. The van der Waals surface area contributed by atoms with Gasteiger partial charge in [-0.3, -0.25) is 14.5 Å². The topological polar surface area (TPSA) is 49.4 Å². The summed E-state index contributed by atoms with van der Waals surface area (Å²) in [4.78, 5) is 26.5. The van der Waals surface area contributed by atoms with Gasteiger partial charge in [0, 0.05) is 13.0 Å². The minimum absolute atomic E-state index is 0.0166. The van der Waals surface area contributed by atoms with Gasteiger partial charge in [0.2, 0.25) is 11.8 Å². The van der Waals surface area contributed by atoms with Crippen molar-refractivity contribution in [2.45, 2.75) is 31.1 Å². The second kappa shape index (κ2) is 9.15. The number of thiocarbonyl (C=S) groups is 1. The SMILES string of the molecule is CCC1SC(=S)N(CCC(=O)NC(c2ccccc2)c2ccccc2)C1=O. The van der Waals surface area contributed by atoms with Crippen LogP contribution in [0.15, 0.2) is 60.7 Å². The number of hydrogen-bond acceptors (Lipinski definition) is 4. The van der Waals surface area contributed by atoms with Gasteiger partial charge in [0.1, 0.15) is 4.32 Å². The van der Waals surface area contributed by atoms with Gasteiger partial charge < -0.3 is 5.32 Å². The second-order valence-corrected chi connectivity index (χ2v) is 8.18. The van der Waals surface area contributed by atoms with Gasteiger partial charge in [0.05, 0.1) is 11.3 Å². The maximum Gasteiger partial charge on any atom is 0.241 e. The third kappa shape index (κ3) is 4.76. The van der Waals surface area contributed by atoms with Gasteiger partial charge in [-0.2, -0.15) is 0 Å². The summed E-state index contributed by atoms with van der Waals surface area (Å²) in [5.41, 5.74) is 2.04. The molecule has 0 bridgehead atoms. The van der Waals surface area contributed by atoms with Crippen molar-refractivity contribution in [1.29, 1.82) is 0 Å². The van der Waals surface area contributed by atoms with E-state index in [1.807, 2.05) is 67.6 Å². The van der Waals surface area contributed by atoms with Crippen LogP contribution in [0.4, 0.5) is 0 Å². The summed E-state index contributed by atoms with van der Waals surface area (Å²) < 4.78 is 0.572. The molecule has 140 valence electrons. The van der Waals surface area contributed by atoms with Crippen LogP contribution in [-0.2, 0) is 9.59 Å². The Morgan fingerprint density at radius 2 is 1.67 bits per heavy atom. The molecule has 0 aliphatic carbocycles. The molecular weight excluding hydrogens is 376 g/mol. The molecule has 2 amide bonds. The summed E-state index contributed by atoms with van der Waals surface area (Å²) in [6.45, 7) is 2.29. The van der Waals surface area contributed by atoms with Crippen LogP contribution in [0, 0.1) is 0 Å². The van der Waals surface area contributed by atoms with Gasteiger partial charge in [-0.05, 0) is 17.5 Å². The number of carbonyl (C=O) groups excluding carboxylic acids is 2. The fourth-order valence-electron chi connectivity index (χ4n) is 3.06. The van der Waals surface area contributed by atoms with Gasteiger partial charge >= 0.3 is 0 Å². The monoisotopic (exact) mass is 398 g/mol. The molecule has 0 saturated carbocycles. The molecular formula is C21H22N2O2S2. The van der Waals surface area contributed by atoms with E-state index in [2.05, 4.69) is 5.32 Å². The molecule has 1 aliphatic rings. The molecule has 0 radical (unpaired) electrons. The Hall–Kier alpha value is -2.18. The highest BCUT2D eigenvalue weighted by molar-refractivity contribution is 8.24. The Labute approximate surface area is 169 Å². The summed E-state index contributed by atoms with van der Waals surface area (Å²) >= 11 is 6.71. The van der Waals surface area contributed by atoms with Crippen molar-refractivity contribution in [2.24, 2.45) is 0 Å². The molecule has 0 spiro atoms. The van der Waals surface area contributed by atoms with Gasteiger partial charge in [0.25, 0.3) is 0 Å². The molecule has 1 saturated heterocycles. The number of benzene rings is 2. The lowest BCUT2D eigenvalue weighted by molar-refractivity contribution is -0.127. The second-order valence-electron chi connectivity index (χ2n) is 6.34. The highest BCUT2D eigenvalue weighted by atomic mass is 32.2. The van der Waals surface area contributed by atoms with Crippen LogP contribution in [-0.4, -0.2) is 32.8 Å². The van der Waals surface area contributed by atoms with Crippen molar-refractivity contribution < 1.29 is 9.59 Å². The van der Waals surface area contributed by atoms with E-state index in [-0.39, 0.29) is 29.5 Å². The van der Waals surface area contributed by atoms with E-state index in [0.717, 1.165) is 17.5 Å². The van der Waals surface area contributed by atoms with Crippen LogP contribution in [0.2, 0.25) is 0 Å². The number of thioether (sulfide) groups is 1. The first-order valence-corrected chi connectivity index (χ1v) is 10.3. The fourth-order valence-corrected chi connectivity index (χ4v) is 4.53. The Morgan fingerprint density at radius 3 is 2.15 bits per heavy atom. The van der Waals surface area contributed by atoms with E-state index in [0.29, 0.717) is 10.9 Å². The molecule has 27 heavy (non-hydrogen) atoms. The Bertz CT molecular complexity index is 772. The Morgan fingerprint density at radius 1 is 1.11 bits per heavy atom. The molecule has 0 aromatic heterocycles. The number of rotatable bonds is 7. The van der Waals surface area contributed by atoms with E-state index in [1.54, 1.807) is 4.90 Å². The van der Waals surface area contributed by atoms with Crippen molar-refractivity contribution >= 4 is 40.1 Å². The standard InChI is InChI=1S/C21H22N2O2S2/c1-2-17-20(25)23(21(26)27-17)14-13-18(24)22-19(15-9-5-3-6-10-15)16-11-7-4-8-12-16/h3-12,17,19H,2,13-14H2,1H3,(H,22,24). The highest BCUT2D eigenvalue weighted by Gasteiger charge is 2.35. The summed E-state index contributed by atoms with van der Waals surface area (Å²) in [5.74, 6) is -0.0868. The van der Waals surface area contributed by atoms with Crippen molar-refractivity contribution in [3.8, 4) is 0 Å². The smallest absolute Gasteiger partial charge is 0.241 e. The van der Waals surface area contributed by atoms with Crippen molar-refractivity contribution in [1.82, 2.24) is 10.2 Å². The zero-order valence-electron chi connectivity index (χ0n) is 15.1. The van der Waals surface area contributed by atoms with E-state index < -0.39 is 0 Å². The Balaban J connectivity index is 1.67. The van der Waals surface area contributed by atoms with Gasteiger partial charge in [0.15, 0.2) is 0 Å². The van der Waals surface area contributed by atoms with Gasteiger partial charge in [-0.15, -0.1) is 0 Å². The first-order chi connectivity index (χ1) is 13.1. The van der Waals surface area contributed by atoms with Crippen LogP contribution in [0.3, 0.4) is 0 Å². The van der Waals surface area contributed by atoms with E-state index in [9.17, 15) is 9.59 Å². The maximum atomic E-state index is 12.6. The van der Waals surface area contributed by atoms with Gasteiger partial charge in [-0.25, -0.2) is 0 Å². The number of carbonyl (C=O) groups is 2. The zero-order valence-corrected chi connectivity index (χ0v) is 16.8. The molecule has 1 unspecified atom stereocenters. The first-order valence-electron chi connectivity index (χ1n) is 9.01. The lowest BCUT2D eigenvalue weighted by Crippen LogP contribution is -2.36. The average Bonchev–Trinajstić information content (AvgIpc) is 2.98. The van der Waals surface area contributed by atoms with E-state index >= 15 is 0 Å². The van der Waals surface area contributed by atoms with Crippen LogP contribution in [0.5, 0.6) is 0 Å². The number of nitrogens with zero attached hydrogens (tertiary/aromatic N) is 1. The molecule has 1 fully saturated rings. The largest absolute Gasteiger partial charge is 0.345 e. The summed E-state index contributed by atoms with van der Waals surface area (Å²) in [5, 5.41) is 2.99. The predicted octanol–water partition coefficient (Wildman–Crippen LogP) is 3.92. The third-order valence-corrected chi connectivity index (χ3v) is 6.26. The summed E-state index contributed by atoms with van der Waals surface area (Å²) in [6.07, 6.45) is 0.968. The number of hydrogen-bond donors (Lipinski definition) is 1. The molecule has 2 aromatic carbocycles. The lowest BCUT2D eigenvalue weighted by atomic mass is 9.98. The molecule has 3 rings (SSSR count). The van der Waals surface area contributed by atoms with Crippen LogP contribution < -0.4 is 5.32 Å². The minimum atomic E-state index is -0.223. The lowest BCUT2D eigenvalue weighted by Gasteiger charge is -2.21. The normalized spacial score (nSPS) is 16.8. The molecule has 1 atom stereocenters. The quantitative estimate of drug-likeness (QED) is 0.718. The number of amides is 2. The predicted molar refractivity (Wildman–Crippen MR) is 113 cm³/mol. The average molecular weight is 399 g/mol. The van der Waals surface area contributed by atoms with E-state index in [1.165, 1.54) is 11.8 Å². The summed E-state index contributed by atoms with van der Waals surface area (Å²) in [7, 11) is 0. The molecule has 2 aromatic rings. The first kappa shape index (κ1) is 19.6. The van der Waals surface area contributed by atoms with Gasteiger partial charge in [-0.1, -0.05) is 91.6 Å². The summed E-state index contributed by atoms with van der Waals surface area (Å²) in [6, 6.07) is 19.5. The molecule has 1 heterocycles. The van der Waals surface area contributed by atoms with E-state index in [4.69, 9.17) is 12.2 Å². The van der Waals surface area contributed by atoms with Crippen LogP contribution in [0.1, 0.15) is 36.9 Å². The van der Waals surface area contributed by atoms with Crippen LogP contribution in [0.25, 0.3) is 0 Å². The zero-order chi connectivity index (χ0) is 19.2. The highest BCUT2D eigenvalue weighted by Crippen LogP contribution is 2.29. The van der Waals surface area contributed by atoms with Crippen LogP contribution >= 0.6 is 24.0 Å². The molecule has 6 heteroatoms. The van der Waals surface area contributed by atoms with Crippen molar-refractivity contribution in [3.63, 3.8) is 0 Å². The molecule has 4 nitrogen and oxygen atoms in total. The van der Waals surface area contributed by atoms with Crippen molar-refractivity contribution in [2.75, 3.05) is 6.54 Å². The van der Waals surface area contributed by atoms with Crippen molar-refractivity contribution in [3.05, 3.63) is 71.8 Å². The molecule has 1 N–H and O–H groups in total. The minimum Gasteiger partial charge on any atom is -0.345 e. The Kier molecular flexibility index (Phi) is 6.63. The number of nitrogens with one attached hydrogen (secondary N) is 1.